The van der Waals surface area contributed by atoms with Gasteiger partial charge in [-0.1, -0.05) is 34.1 Å². The first-order valence-electron chi connectivity index (χ1n) is 9.09. The Morgan fingerprint density at radius 1 is 1.17 bits per heavy atom. The summed E-state index contributed by atoms with van der Waals surface area (Å²) in [6, 6.07) is 13.4. The van der Waals surface area contributed by atoms with Crippen LogP contribution in [-0.4, -0.2) is 22.2 Å². The molecule has 0 spiro atoms. The molecule has 0 saturated heterocycles. The molecule has 1 amide bonds. The molecule has 148 valence electrons. The molecule has 0 radical (unpaired) electrons. The van der Waals surface area contributed by atoms with E-state index in [1.54, 1.807) is 20.4 Å². The van der Waals surface area contributed by atoms with Gasteiger partial charge < -0.3 is 19.2 Å². The number of fused-ring (bicyclic) bond motifs is 3. The van der Waals surface area contributed by atoms with Crippen LogP contribution in [0.2, 0.25) is 0 Å². The summed E-state index contributed by atoms with van der Waals surface area (Å²) in [7, 11) is 5.11. The summed E-state index contributed by atoms with van der Waals surface area (Å²) in [6.45, 7) is 0.302. The van der Waals surface area contributed by atoms with Crippen LogP contribution in [0.25, 0.3) is 21.8 Å². The summed E-state index contributed by atoms with van der Waals surface area (Å²) in [5, 5.41) is 4.52. The Morgan fingerprint density at radius 2 is 1.93 bits per heavy atom. The van der Waals surface area contributed by atoms with E-state index in [1.807, 2.05) is 54.1 Å². The van der Waals surface area contributed by atoms with Crippen LogP contribution in [0.1, 0.15) is 15.9 Å². The third-order valence-corrected chi connectivity index (χ3v) is 5.64. The molecule has 29 heavy (non-hydrogen) atoms. The van der Waals surface area contributed by atoms with Gasteiger partial charge in [-0.15, -0.1) is 0 Å². The van der Waals surface area contributed by atoms with E-state index in [0.29, 0.717) is 28.8 Å². The second-order valence-corrected chi connectivity index (χ2v) is 7.81. The second kappa shape index (κ2) is 7.40. The van der Waals surface area contributed by atoms with Crippen LogP contribution in [0.5, 0.6) is 5.75 Å². The van der Waals surface area contributed by atoms with Crippen LogP contribution in [0.15, 0.2) is 57.9 Å². The van der Waals surface area contributed by atoms with E-state index in [2.05, 4.69) is 21.2 Å². The Balaban J connectivity index is 1.81. The molecule has 0 aliphatic heterocycles. The Labute approximate surface area is 175 Å². The van der Waals surface area contributed by atoms with Gasteiger partial charge >= 0.3 is 0 Å². The van der Waals surface area contributed by atoms with Gasteiger partial charge in [0.15, 0.2) is 0 Å². The number of amides is 1. The number of rotatable bonds is 4. The highest BCUT2D eigenvalue weighted by Gasteiger charge is 2.20. The molecule has 7 heteroatoms. The fourth-order valence-corrected chi connectivity index (χ4v) is 4.14. The maximum Gasteiger partial charge on any atom is 0.274 e. The zero-order chi connectivity index (χ0) is 20.7. The average Bonchev–Trinajstić information content (AvgIpc) is 3.02. The predicted molar refractivity (Wildman–Crippen MR) is 118 cm³/mol. The quantitative estimate of drug-likeness (QED) is 0.511. The maximum absolute atomic E-state index is 13.1. The first-order chi connectivity index (χ1) is 13.9. The number of pyridine rings is 1. The molecular weight excluding hydrogens is 434 g/mol. The topological polar surface area (TPSA) is 65.3 Å². The van der Waals surface area contributed by atoms with Crippen LogP contribution >= 0.6 is 15.9 Å². The number of nitrogens with zero attached hydrogens (tertiary/aromatic N) is 2. The zero-order valence-electron chi connectivity index (χ0n) is 16.3. The van der Waals surface area contributed by atoms with Crippen molar-refractivity contribution in [2.24, 2.45) is 14.1 Å². The summed E-state index contributed by atoms with van der Waals surface area (Å²) in [5.41, 5.74) is 2.61. The standard InChI is InChI=1S/C22H20BrN3O3/c1-25-12-16(21(27)24-11-13-10-14(23)8-9-18(13)29-3)19-15-6-4-5-7-17(15)26(2)20(19)22(25)28/h4-10,12H,11H2,1-3H3,(H,24,27). The molecule has 0 saturated carbocycles. The summed E-state index contributed by atoms with van der Waals surface area (Å²) in [5.74, 6) is 0.452. The second-order valence-electron chi connectivity index (χ2n) is 6.90. The molecule has 4 aromatic rings. The minimum absolute atomic E-state index is 0.135. The fourth-order valence-electron chi connectivity index (χ4n) is 3.73. The number of para-hydroxylation sites is 1. The van der Waals surface area contributed by atoms with Crippen molar-refractivity contribution in [1.82, 2.24) is 14.5 Å². The molecule has 0 unspecified atom stereocenters. The third-order valence-electron chi connectivity index (χ3n) is 5.15. The first kappa shape index (κ1) is 19.3. The number of aryl methyl sites for hydroxylation is 2. The van der Waals surface area contributed by atoms with E-state index < -0.39 is 0 Å². The van der Waals surface area contributed by atoms with Crippen LogP contribution in [0.4, 0.5) is 0 Å². The summed E-state index contributed by atoms with van der Waals surface area (Å²) < 4.78 is 9.59. The number of methoxy groups -OCH3 is 1. The van der Waals surface area contributed by atoms with Crippen molar-refractivity contribution < 1.29 is 9.53 Å². The summed E-state index contributed by atoms with van der Waals surface area (Å²) >= 11 is 3.45. The van der Waals surface area contributed by atoms with E-state index in [9.17, 15) is 9.59 Å². The normalized spacial score (nSPS) is 11.2. The lowest BCUT2D eigenvalue weighted by molar-refractivity contribution is 0.0951. The lowest BCUT2D eigenvalue weighted by Gasteiger charge is -2.12. The Hall–Kier alpha value is -3.06. The van der Waals surface area contributed by atoms with Gasteiger partial charge in [0, 0.05) is 53.2 Å². The number of halogens is 1. The van der Waals surface area contributed by atoms with Crippen LogP contribution in [0.3, 0.4) is 0 Å². The highest BCUT2D eigenvalue weighted by Crippen LogP contribution is 2.29. The van der Waals surface area contributed by atoms with Crippen molar-refractivity contribution in [3.8, 4) is 5.75 Å². The molecule has 6 nitrogen and oxygen atoms in total. The number of benzene rings is 2. The van der Waals surface area contributed by atoms with E-state index in [1.165, 1.54) is 4.57 Å². The average molecular weight is 454 g/mol. The van der Waals surface area contributed by atoms with E-state index in [4.69, 9.17) is 4.74 Å². The number of ether oxygens (including phenoxy) is 1. The number of hydrogen-bond acceptors (Lipinski definition) is 3. The minimum Gasteiger partial charge on any atom is -0.496 e. The van der Waals surface area contributed by atoms with Gasteiger partial charge in [0.05, 0.1) is 12.7 Å². The van der Waals surface area contributed by atoms with Crippen molar-refractivity contribution in [3.63, 3.8) is 0 Å². The Bertz CT molecular complexity index is 1320. The van der Waals surface area contributed by atoms with Crippen LogP contribution in [-0.2, 0) is 20.6 Å². The third kappa shape index (κ3) is 3.21. The molecule has 0 aliphatic rings. The Morgan fingerprint density at radius 3 is 2.69 bits per heavy atom. The van der Waals surface area contributed by atoms with E-state index in [-0.39, 0.29) is 11.5 Å². The van der Waals surface area contributed by atoms with Gasteiger partial charge in [-0.3, -0.25) is 9.59 Å². The van der Waals surface area contributed by atoms with Crippen molar-refractivity contribution in [2.75, 3.05) is 7.11 Å². The first-order valence-corrected chi connectivity index (χ1v) is 9.89. The van der Waals surface area contributed by atoms with Gasteiger partial charge in [0.1, 0.15) is 11.3 Å². The molecule has 2 heterocycles. The summed E-state index contributed by atoms with van der Waals surface area (Å²) in [4.78, 5) is 25.9. The van der Waals surface area contributed by atoms with Gasteiger partial charge in [0.25, 0.3) is 11.5 Å². The minimum atomic E-state index is -0.246. The molecule has 0 atom stereocenters. The lowest BCUT2D eigenvalue weighted by Crippen LogP contribution is -2.27. The summed E-state index contributed by atoms with van der Waals surface area (Å²) in [6.07, 6.45) is 1.60. The largest absolute Gasteiger partial charge is 0.496 e. The number of hydrogen-bond donors (Lipinski definition) is 1. The monoisotopic (exact) mass is 453 g/mol. The Kier molecular flexibility index (Phi) is 4.92. The van der Waals surface area contributed by atoms with Gasteiger partial charge in [-0.05, 0) is 24.3 Å². The maximum atomic E-state index is 13.1. The van der Waals surface area contributed by atoms with Crippen LogP contribution in [0, 0.1) is 0 Å². The molecule has 0 aliphatic carbocycles. The van der Waals surface area contributed by atoms with Crippen molar-refractivity contribution in [1.29, 1.82) is 0 Å². The number of nitrogens with one attached hydrogen (secondary N) is 1. The van der Waals surface area contributed by atoms with Crippen molar-refractivity contribution in [3.05, 3.63) is 74.6 Å². The SMILES string of the molecule is COc1ccc(Br)cc1CNC(=O)c1cn(C)c(=O)c2c1c1ccccc1n2C. The van der Waals surface area contributed by atoms with Crippen LogP contribution < -0.4 is 15.6 Å². The molecular formula is C22H20BrN3O3. The van der Waals surface area contributed by atoms with E-state index in [0.717, 1.165) is 20.9 Å². The molecule has 2 aromatic carbocycles. The molecule has 0 fully saturated rings. The van der Waals surface area contributed by atoms with Crippen molar-refractivity contribution in [2.45, 2.75) is 6.54 Å². The zero-order valence-corrected chi connectivity index (χ0v) is 17.9. The predicted octanol–water partition coefficient (Wildman–Crippen LogP) is 3.73. The fraction of sp³-hybridized carbons (Fsp3) is 0.182. The molecule has 0 bridgehead atoms. The number of aromatic nitrogens is 2. The molecule has 1 N–H and O–H groups in total. The number of carbonyl (C=O) groups excluding carboxylic acids is 1. The van der Waals surface area contributed by atoms with Crippen molar-refractivity contribution >= 4 is 43.6 Å². The highest BCUT2D eigenvalue weighted by molar-refractivity contribution is 9.10. The van der Waals surface area contributed by atoms with E-state index >= 15 is 0 Å². The van der Waals surface area contributed by atoms with Gasteiger partial charge in [-0.25, -0.2) is 0 Å². The highest BCUT2D eigenvalue weighted by atomic mass is 79.9. The van der Waals surface area contributed by atoms with Gasteiger partial charge in [0.2, 0.25) is 0 Å². The van der Waals surface area contributed by atoms with Gasteiger partial charge in [-0.2, -0.15) is 0 Å². The molecule has 4 rings (SSSR count). The molecule has 2 aromatic heterocycles. The lowest BCUT2D eigenvalue weighted by atomic mass is 10.1. The number of carbonyl (C=O) groups is 1. The smallest absolute Gasteiger partial charge is 0.274 e.